The predicted octanol–water partition coefficient (Wildman–Crippen LogP) is 1.66. The van der Waals surface area contributed by atoms with Crippen LogP contribution in [0.3, 0.4) is 0 Å². The summed E-state index contributed by atoms with van der Waals surface area (Å²) in [4.78, 5) is 0. The normalized spacial score (nSPS) is 13.9. The van der Waals surface area contributed by atoms with E-state index in [0.717, 1.165) is 18.5 Å². The van der Waals surface area contributed by atoms with E-state index >= 15 is 0 Å². The van der Waals surface area contributed by atoms with Crippen molar-refractivity contribution in [3.05, 3.63) is 41.4 Å². The Morgan fingerprint density at radius 3 is 3.16 bits per heavy atom. The number of aromatic amines is 1. The minimum atomic E-state index is 0.294. The minimum absolute atomic E-state index is 0.294. The second kappa shape index (κ2) is 4.90. The lowest BCUT2D eigenvalue weighted by Crippen LogP contribution is -1.96. The molecule has 0 spiro atoms. The van der Waals surface area contributed by atoms with Gasteiger partial charge in [0.2, 0.25) is 5.82 Å². The highest BCUT2D eigenvalue weighted by Gasteiger charge is 2.14. The number of H-pyrrole nitrogens is 1. The summed E-state index contributed by atoms with van der Waals surface area (Å²) >= 11 is 0. The molecule has 1 heterocycles. The number of nitrogens with zero attached hydrogens (tertiary/aromatic N) is 4. The molecule has 1 aromatic carbocycles. The standard InChI is InChI=1S/C13H12N6/c14-7-10(13-16-18-19-17-13)8-15-12-6-2-4-9-3-1-5-11(9)12/h2,4,6,8,15H,1,3,5H2,(H,16,17,18,19). The first-order valence-electron chi connectivity index (χ1n) is 6.10. The van der Waals surface area contributed by atoms with Crippen molar-refractivity contribution in [1.29, 1.82) is 5.26 Å². The van der Waals surface area contributed by atoms with Crippen LogP contribution in [-0.4, -0.2) is 20.6 Å². The Morgan fingerprint density at radius 2 is 2.37 bits per heavy atom. The molecule has 1 aliphatic carbocycles. The summed E-state index contributed by atoms with van der Waals surface area (Å²) in [7, 11) is 0. The van der Waals surface area contributed by atoms with Crippen LogP contribution < -0.4 is 5.32 Å². The molecule has 0 bridgehead atoms. The topological polar surface area (TPSA) is 90.3 Å². The predicted molar refractivity (Wildman–Crippen MR) is 69.9 cm³/mol. The Kier molecular flexibility index (Phi) is 2.94. The number of aromatic nitrogens is 4. The van der Waals surface area contributed by atoms with Gasteiger partial charge in [-0.15, -0.1) is 10.2 Å². The molecule has 1 aliphatic rings. The molecule has 0 saturated heterocycles. The molecule has 3 rings (SSSR count). The van der Waals surface area contributed by atoms with Gasteiger partial charge < -0.3 is 5.32 Å². The highest BCUT2D eigenvalue weighted by molar-refractivity contribution is 5.74. The Balaban J connectivity index is 1.87. The van der Waals surface area contributed by atoms with Crippen molar-refractivity contribution in [1.82, 2.24) is 20.6 Å². The van der Waals surface area contributed by atoms with E-state index in [4.69, 9.17) is 5.26 Å². The molecule has 2 N–H and O–H groups in total. The van der Waals surface area contributed by atoms with E-state index in [1.54, 1.807) is 6.20 Å². The Morgan fingerprint density at radius 1 is 1.42 bits per heavy atom. The van der Waals surface area contributed by atoms with Crippen molar-refractivity contribution >= 4 is 11.3 Å². The van der Waals surface area contributed by atoms with E-state index in [2.05, 4.69) is 38.1 Å². The van der Waals surface area contributed by atoms with E-state index in [9.17, 15) is 0 Å². The number of nitriles is 1. The fraction of sp³-hybridized carbons (Fsp3) is 0.231. The molecule has 0 fully saturated rings. The van der Waals surface area contributed by atoms with Gasteiger partial charge in [0, 0.05) is 11.9 Å². The van der Waals surface area contributed by atoms with E-state index < -0.39 is 0 Å². The number of hydrogen-bond acceptors (Lipinski definition) is 5. The van der Waals surface area contributed by atoms with Crippen LogP contribution in [0.2, 0.25) is 0 Å². The zero-order chi connectivity index (χ0) is 13.1. The lowest BCUT2D eigenvalue weighted by Gasteiger charge is -2.07. The maximum Gasteiger partial charge on any atom is 0.216 e. The summed E-state index contributed by atoms with van der Waals surface area (Å²) in [5.74, 6) is 0.294. The number of nitrogens with one attached hydrogen (secondary N) is 2. The molecule has 94 valence electrons. The van der Waals surface area contributed by atoms with Crippen molar-refractivity contribution < 1.29 is 0 Å². The van der Waals surface area contributed by atoms with Gasteiger partial charge in [-0.3, -0.25) is 0 Å². The van der Waals surface area contributed by atoms with Gasteiger partial charge in [-0.1, -0.05) is 12.1 Å². The van der Waals surface area contributed by atoms with Gasteiger partial charge >= 0.3 is 0 Å². The van der Waals surface area contributed by atoms with Gasteiger partial charge in [0.05, 0.1) is 0 Å². The molecule has 0 aliphatic heterocycles. The summed E-state index contributed by atoms with van der Waals surface area (Å²) in [6, 6.07) is 8.26. The number of rotatable bonds is 3. The first kappa shape index (κ1) is 11.4. The van der Waals surface area contributed by atoms with Gasteiger partial charge in [-0.25, -0.2) is 0 Å². The number of anilines is 1. The first-order chi connectivity index (χ1) is 9.38. The summed E-state index contributed by atoms with van der Waals surface area (Å²) in [5.41, 5.74) is 4.12. The maximum atomic E-state index is 9.09. The molecule has 0 amide bonds. The van der Waals surface area contributed by atoms with Crippen LogP contribution in [-0.2, 0) is 12.8 Å². The van der Waals surface area contributed by atoms with Gasteiger partial charge in [-0.2, -0.15) is 10.5 Å². The molecular weight excluding hydrogens is 240 g/mol. The molecule has 6 heteroatoms. The SMILES string of the molecule is N#CC(=CNc1cccc2c1CCC2)c1nn[nH]n1. The number of hydrogen-bond donors (Lipinski definition) is 2. The minimum Gasteiger partial charge on any atom is -0.360 e. The zero-order valence-electron chi connectivity index (χ0n) is 10.2. The smallest absolute Gasteiger partial charge is 0.216 e. The van der Waals surface area contributed by atoms with Gasteiger partial charge in [-0.05, 0) is 41.7 Å². The molecule has 1 aromatic heterocycles. The molecular formula is C13H12N6. The number of aryl methyl sites for hydroxylation is 1. The summed E-state index contributed by atoms with van der Waals surface area (Å²) in [6.07, 6.45) is 5.02. The highest BCUT2D eigenvalue weighted by atomic mass is 15.5. The van der Waals surface area contributed by atoms with Crippen molar-refractivity contribution in [2.45, 2.75) is 19.3 Å². The van der Waals surface area contributed by atoms with E-state index in [1.165, 1.54) is 17.5 Å². The van der Waals surface area contributed by atoms with Crippen LogP contribution in [0, 0.1) is 11.3 Å². The first-order valence-corrected chi connectivity index (χ1v) is 6.10. The van der Waals surface area contributed by atoms with E-state index in [1.807, 2.05) is 12.1 Å². The lowest BCUT2D eigenvalue weighted by atomic mass is 10.1. The molecule has 2 aromatic rings. The van der Waals surface area contributed by atoms with Crippen LogP contribution in [0.15, 0.2) is 24.4 Å². The third-order valence-electron chi connectivity index (χ3n) is 3.22. The fourth-order valence-electron chi connectivity index (χ4n) is 2.33. The molecule has 6 nitrogen and oxygen atoms in total. The molecule has 0 atom stereocenters. The average molecular weight is 252 g/mol. The maximum absolute atomic E-state index is 9.09. The second-order valence-electron chi connectivity index (χ2n) is 4.35. The third kappa shape index (κ3) is 2.18. The number of tetrazole rings is 1. The molecule has 0 saturated carbocycles. The molecule has 19 heavy (non-hydrogen) atoms. The largest absolute Gasteiger partial charge is 0.360 e. The van der Waals surface area contributed by atoms with Crippen LogP contribution in [0.25, 0.3) is 5.57 Å². The average Bonchev–Trinajstić information content (AvgIpc) is 3.10. The van der Waals surface area contributed by atoms with Crippen molar-refractivity contribution in [2.24, 2.45) is 0 Å². The van der Waals surface area contributed by atoms with Crippen molar-refractivity contribution in [2.75, 3.05) is 5.32 Å². The molecule has 0 radical (unpaired) electrons. The number of fused-ring (bicyclic) bond motifs is 1. The highest BCUT2D eigenvalue weighted by Crippen LogP contribution is 2.28. The van der Waals surface area contributed by atoms with Gasteiger partial charge in [0.1, 0.15) is 11.6 Å². The van der Waals surface area contributed by atoms with Gasteiger partial charge in [0.25, 0.3) is 0 Å². The summed E-state index contributed by atoms with van der Waals surface area (Å²) < 4.78 is 0. The van der Waals surface area contributed by atoms with E-state index in [-0.39, 0.29) is 0 Å². The number of benzene rings is 1. The van der Waals surface area contributed by atoms with Crippen molar-refractivity contribution in [3.8, 4) is 6.07 Å². The van der Waals surface area contributed by atoms with Crippen LogP contribution in [0.5, 0.6) is 0 Å². The van der Waals surface area contributed by atoms with Crippen LogP contribution >= 0.6 is 0 Å². The molecule has 0 unspecified atom stereocenters. The monoisotopic (exact) mass is 252 g/mol. The zero-order valence-corrected chi connectivity index (χ0v) is 10.2. The fourth-order valence-corrected chi connectivity index (χ4v) is 2.33. The van der Waals surface area contributed by atoms with E-state index in [0.29, 0.717) is 11.4 Å². The Bertz CT molecular complexity index is 650. The summed E-state index contributed by atoms with van der Waals surface area (Å²) in [5, 5.41) is 25.6. The number of allylic oxidation sites excluding steroid dienone is 1. The summed E-state index contributed by atoms with van der Waals surface area (Å²) in [6.45, 7) is 0. The third-order valence-corrected chi connectivity index (χ3v) is 3.22. The lowest BCUT2D eigenvalue weighted by molar-refractivity contribution is 0.881. The second-order valence-corrected chi connectivity index (χ2v) is 4.35. The Labute approximate surface area is 110 Å². The van der Waals surface area contributed by atoms with Gasteiger partial charge in [0.15, 0.2) is 0 Å². The van der Waals surface area contributed by atoms with Crippen LogP contribution in [0.4, 0.5) is 5.69 Å². The van der Waals surface area contributed by atoms with Crippen molar-refractivity contribution in [3.63, 3.8) is 0 Å². The Hall–Kier alpha value is -2.68. The van der Waals surface area contributed by atoms with Crippen LogP contribution in [0.1, 0.15) is 23.4 Å². The quantitative estimate of drug-likeness (QED) is 0.811.